The van der Waals surface area contributed by atoms with E-state index in [9.17, 15) is 10.1 Å². The van der Waals surface area contributed by atoms with Crippen molar-refractivity contribution in [2.24, 2.45) is 5.11 Å². The van der Waals surface area contributed by atoms with E-state index < -0.39 is 10.5 Å². The molecule has 90 valence electrons. The minimum Gasteiger partial charge on any atom is -0.305 e. The molecule has 1 aliphatic rings. The SMILES string of the molecule is [C-]#[N+]C1(c2ccc(N=[N+]=[N-])c([N+](=O)[O-])c2)CCC1. The molecule has 0 spiro atoms. The van der Waals surface area contributed by atoms with Gasteiger partial charge in [0.05, 0.1) is 4.92 Å². The van der Waals surface area contributed by atoms with E-state index in [1.165, 1.54) is 12.1 Å². The summed E-state index contributed by atoms with van der Waals surface area (Å²) in [6, 6.07) is 4.38. The predicted molar refractivity (Wildman–Crippen MR) is 64.0 cm³/mol. The van der Waals surface area contributed by atoms with Crippen molar-refractivity contribution in [3.8, 4) is 0 Å². The van der Waals surface area contributed by atoms with Crippen molar-refractivity contribution in [1.82, 2.24) is 0 Å². The quantitative estimate of drug-likeness (QED) is 0.201. The normalized spacial score (nSPS) is 15.9. The average Bonchev–Trinajstić information content (AvgIpc) is 2.30. The van der Waals surface area contributed by atoms with Crippen LogP contribution in [0.2, 0.25) is 0 Å². The van der Waals surface area contributed by atoms with Gasteiger partial charge in [0, 0.05) is 29.4 Å². The molecule has 1 aromatic carbocycles. The van der Waals surface area contributed by atoms with Gasteiger partial charge < -0.3 is 4.85 Å². The monoisotopic (exact) mass is 243 g/mol. The standard InChI is InChI=1S/C11H9N5O2/c1-13-11(5-2-6-11)8-3-4-9(14-15-12)10(7-8)16(17)18/h3-4,7H,2,5-6H2. The fourth-order valence-electron chi connectivity index (χ4n) is 2.07. The molecule has 0 saturated heterocycles. The van der Waals surface area contributed by atoms with Gasteiger partial charge in [-0.25, -0.2) is 6.57 Å². The van der Waals surface area contributed by atoms with Crippen LogP contribution in [0.1, 0.15) is 24.8 Å². The molecule has 0 atom stereocenters. The third-order valence-corrected chi connectivity index (χ3v) is 3.26. The van der Waals surface area contributed by atoms with Gasteiger partial charge in [0.2, 0.25) is 0 Å². The molecular formula is C11H9N5O2. The number of nitro benzene ring substituents is 1. The average molecular weight is 243 g/mol. The Kier molecular flexibility index (Phi) is 2.88. The second-order valence-corrected chi connectivity index (χ2v) is 4.15. The number of azide groups is 1. The molecule has 7 heteroatoms. The number of nitro groups is 1. The Morgan fingerprint density at radius 1 is 1.50 bits per heavy atom. The summed E-state index contributed by atoms with van der Waals surface area (Å²) < 4.78 is 0. The lowest BCUT2D eigenvalue weighted by Gasteiger charge is -2.30. The molecule has 1 aliphatic carbocycles. The lowest BCUT2D eigenvalue weighted by Crippen LogP contribution is -2.30. The van der Waals surface area contributed by atoms with Gasteiger partial charge in [0.25, 0.3) is 11.2 Å². The highest BCUT2D eigenvalue weighted by Gasteiger charge is 2.46. The fourth-order valence-corrected chi connectivity index (χ4v) is 2.07. The van der Waals surface area contributed by atoms with Gasteiger partial charge in [-0.3, -0.25) is 10.1 Å². The zero-order valence-electron chi connectivity index (χ0n) is 9.41. The van der Waals surface area contributed by atoms with E-state index in [2.05, 4.69) is 14.9 Å². The summed E-state index contributed by atoms with van der Waals surface area (Å²) in [6.45, 7) is 7.23. The first kappa shape index (κ1) is 11.9. The molecule has 18 heavy (non-hydrogen) atoms. The molecule has 0 unspecified atom stereocenters. The van der Waals surface area contributed by atoms with Crippen molar-refractivity contribution in [2.75, 3.05) is 0 Å². The van der Waals surface area contributed by atoms with Crippen LogP contribution < -0.4 is 0 Å². The minimum absolute atomic E-state index is 0.0225. The second kappa shape index (κ2) is 4.35. The predicted octanol–water partition coefficient (Wildman–Crippen LogP) is 3.84. The van der Waals surface area contributed by atoms with Gasteiger partial charge >= 0.3 is 0 Å². The summed E-state index contributed by atoms with van der Waals surface area (Å²) in [4.78, 5) is 16.5. The summed E-state index contributed by atoms with van der Waals surface area (Å²) in [7, 11) is 0. The van der Waals surface area contributed by atoms with Crippen molar-refractivity contribution in [3.63, 3.8) is 0 Å². The van der Waals surface area contributed by atoms with Crippen LogP contribution in [0, 0.1) is 16.7 Å². The lowest BCUT2D eigenvalue weighted by atomic mass is 9.72. The third kappa shape index (κ3) is 1.75. The Balaban J connectivity index is 2.53. The first-order valence-corrected chi connectivity index (χ1v) is 5.35. The van der Waals surface area contributed by atoms with E-state index in [1.54, 1.807) is 6.07 Å². The molecule has 2 rings (SSSR count). The zero-order valence-corrected chi connectivity index (χ0v) is 9.41. The molecule has 0 heterocycles. The number of hydrogen-bond donors (Lipinski definition) is 0. The Bertz CT molecular complexity index is 594. The molecular weight excluding hydrogens is 234 g/mol. The van der Waals surface area contributed by atoms with Crippen LogP contribution in [-0.2, 0) is 5.54 Å². The highest BCUT2D eigenvalue weighted by Crippen LogP contribution is 2.46. The molecule has 0 bridgehead atoms. The Hall–Kier alpha value is -2.58. The topological polar surface area (TPSA) is 96.3 Å². The molecule has 0 aliphatic heterocycles. The molecule has 1 fully saturated rings. The molecule has 1 saturated carbocycles. The van der Waals surface area contributed by atoms with Gasteiger partial charge in [-0.2, -0.15) is 0 Å². The van der Waals surface area contributed by atoms with Gasteiger partial charge in [0.15, 0.2) is 0 Å². The van der Waals surface area contributed by atoms with E-state index in [-0.39, 0.29) is 11.4 Å². The van der Waals surface area contributed by atoms with Crippen LogP contribution in [-0.4, -0.2) is 4.92 Å². The summed E-state index contributed by atoms with van der Waals surface area (Å²) in [5, 5.41) is 14.2. The first-order valence-electron chi connectivity index (χ1n) is 5.35. The van der Waals surface area contributed by atoms with Crippen LogP contribution in [0.5, 0.6) is 0 Å². The highest BCUT2D eigenvalue weighted by molar-refractivity contribution is 5.60. The number of nitrogens with zero attached hydrogens (tertiary/aromatic N) is 5. The van der Waals surface area contributed by atoms with E-state index in [0.29, 0.717) is 18.4 Å². The van der Waals surface area contributed by atoms with Gasteiger partial charge in [-0.15, -0.1) is 0 Å². The number of hydrogen-bond acceptors (Lipinski definition) is 3. The van der Waals surface area contributed by atoms with Crippen molar-refractivity contribution < 1.29 is 4.92 Å². The Morgan fingerprint density at radius 3 is 2.67 bits per heavy atom. The van der Waals surface area contributed by atoms with Crippen molar-refractivity contribution in [3.05, 3.63) is 55.7 Å². The minimum atomic E-state index is -0.625. The molecule has 1 aromatic rings. The smallest absolute Gasteiger partial charge is 0.279 e. The van der Waals surface area contributed by atoms with Gasteiger partial charge in [-0.05, 0) is 18.0 Å². The molecule has 7 nitrogen and oxygen atoms in total. The fraction of sp³-hybridized carbons (Fsp3) is 0.364. The maximum Gasteiger partial charge on any atom is 0.279 e. The Labute approximate surface area is 103 Å². The Morgan fingerprint density at radius 2 is 2.22 bits per heavy atom. The number of benzene rings is 1. The van der Waals surface area contributed by atoms with Gasteiger partial charge in [0.1, 0.15) is 5.69 Å². The maximum atomic E-state index is 10.9. The summed E-state index contributed by atoms with van der Waals surface area (Å²) in [6.07, 6.45) is 2.39. The van der Waals surface area contributed by atoms with E-state index in [1.807, 2.05) is 0 Å². The maximum absolute atomic E-state index is 10.9. The van der Waals surface area contributed by atoms with Crippen LogP contribution in [0.4, 0.5) is 11.4 Å². The van der Waals surface area contributed by atoms with Crippen molar-refractivity contribution in [1.29, 1.82) is 0 Å². The molecule has 0 aromatic heterocycles. The molecule has 0 radical (unpaired) electrons. The van der Waals surface area contributed by atoms with Crippen LogP contribution >= 0.6 is 0 Å². The van der Waals surface area contributed by atoms with Crippen molar-refractivity contribution >= 4 is 11.4 Å². The zero-order chi connectivity index (χ0) is 13.2. The second-order valence-electron chi connectivity index (χ2n) is 4.15. The van der Waals surface area contributed by atoms with Crippen LogP contribution in [0.3, 0.4) is 0 Å². The molecule has 0 amide bonds. The van der Waals surface area contributed by atoms with Gasteiger partial charge in [-0.1, -0.05) is 11.2 Å². The van der Waals surface area contributed by atoms with E-state index in [4.69, 9.17) is 12.1 Å². The van der Waals surface area contributed by atoms with E-state index >= 15 is 0 Å². The highest BCUT2D eigenvalue weighted by atomic mass is 16.6. The lowest BCUT2D eigenvalue weighted by molar-refractivity contribution is -0.384. The first-order chi connectivity index (χ1) is 8.63. The third-order valence-electron chi connectivity index (χ3n) is 3.26. The summed E-state index contributed by atoms with van der Waals surface area (Å²) >= 11 is 0. The summed E-state index contributed by atoms with van der Waals surface area (Å²) in [5.41, 5.74) is 8.08. The van der Waals surface area contributed by atoms with Crippen LogP contribution in [0.15, 0.2) is 23.3 Å². The number of rotatable bonds is 3. The summed E-state index contributed by atoms with van der Waals surface area (Å²) in [5.74, 6) is 0. The molecule has 0 N–H and O–H groups in total. The largest absolute Gasteiger partial charge is 0.305 e. The van der Waals surface area contributed by atoms with Crippen LogP contribution in [0.25, 0.3) is 15.3 Å². The van der Waals surface area contributed by atoms with Crippen molar-refractivity contribution in [2.45, 2.75) is 24.8 Å². The van der Waals surface area contributed by atoms with E-state index in [0.717, 1.165) is 6.42 Å².